The molecule has 0 unspecified atom stereocenters. The smallest absolute Gasteiger partial charge is 0.251 e. The van der Waals surface area contributed by atoms with Crippen molar-refractivity contribution < 1.29 is 14.3 Å². The summed E-state index contributed by atoms with van der Waals surface area (Å²) in [5.74, 6) is 1.40. The molecule has 0 radical (unpaired) electrons. The second-order valence-corrected chi connectivity index (χ2v) is 7.14. The zero-order chi connectivity index (χ0) is 20.8. The Morgan fingerprint density at radius 2 is 1.72 bits per heavy atom. The summed E-state index contributed by atoms with van der Waals surface area (Å²) in [4.78, 5) is 12.5. The minimum Gasteiger partial charge on any atom is -0.497 e. The van der Waals surface area contributed by atoms with E-state index in [1.165, 1.54) is 0 Å². The number of nitrogens with zero attached hydrogens (tertiary/aromatic N) is 2. The van der Waals surface area contributed by atoms with Crippen molar-refractivity contribution >= 4 is 5.91 Å². The Hall–Kier alpha value is -3.28. The van der Waals surface area contributed by atoms with E-state index in [9.17, 15) is 4.79 Å². The van der Waals surface area contributed by atoms with Crippen LogP contribution in [0.25, 0.3) is 0 Å². The van der Waals surface area contributed by atoms with Gasteiger partial charge < -0.3 is 14.8 Å². The fourth-order valence-electron chi connectivity index (χ4n) is 3.01. The highest BCUT2D eigenvalue weighted by Gasteiger charge is 2.11. The lowest BCUT2D eigenvalue weighted by Gasteiger charge is -2.15. The third-order valence-electron chi connectivity index (χ3n) is 4.59. The number of nitrogens with one attached hydrogen (secondary N) is 1. The number of aryl methyl sites for hydroxylation is 2. The highest BCUT2D eigenvalue weighted by molar-refractivity contribution is 5.94. The molecule has 3 rings (SSSR count). The summed E-state index contributed by atoms with van der Waals surface area (Å²) in [6, 6.07) is 16.9. The summed E-state index contributed by atoms with van der Waals surface area (Å²) in [5.41, 5.74) is 3.85. The summed E-state index contributed by atoms with van der Waals surface area (Å²) in [5, 5.41) is 7.44. The Morgan fingerprint density at radius 3 is 2.31 bits per heavy atom. The third kappa shape index (κ3) is 5.60. The first-order chi connectivity index (χ1) is 13.9. The average Bonchev–Trinajstić information content (AvgIpc) is 3.04. The SMILES string of the molecule is COc1ccc(OC[C@H](C)NC(=O)c2ccc(Cn3nc(C)cc3C)cc2)cc1. The summed E-state index contributed by atoms with van der Waals surface area (Å²) in [7, 11) is 1.62. The molecule has 3 aromatic rings. The van der Waals surface area contributed by atoms with Crippen molar-refractivity contribution in [3.8, 4) is 11.5 Å². The van der Waals surface area contributed by atoms with E-state index >= 15 is 0 Å². The van der Waals surface area contributed by atoms with Crippen molar-refractivity contribution in [3.05, 3.63) is 77.1 Å². The number of amides is 1. The number of rotatable bonds is 8. The number of hydrogen-bond acceptors (Lipinski definition) is 4. The molecule has 0 fully saturated rings. The minimum atomic E-state index is -0.126. The maximum atomic E-state index is 12.5. The van der Waals surface area contributed by atoms with Crippen LogP contribution in [0.3, 0.4) is 0 Å². The molecule has 1 atom stereocenters. The number of aromatic nitrogens is 2. The summed E-state index contributed by atoms with van der Waals surface area (Å²) >= 11 is 0. The molecule has 29 heavy (non-hydrogen) atoms. The number of carbonyl (C=O) groups excluding carboxylic acids is 1. The van der Waals surface area contributed by atoms with Gasteiger partial charge in [-0.15, -0.1) is 0 Å². The van der Waals surface area contributed by atoms with Crippen LogP contribution < -0.4 is 14.8 Å². The van der Waals surface area contributed by atoms with Gasteiger partial charge in [-0.1, -0.05) is 12.1 Å². The van der Waals surface area contributed by atoms with Gasteiger partial charge in [-0.25, -0.2) is 0 Å². The van der Waals surface area contributed by atoms with Gasteiger partial charge in [0, 0.05) is 11.3 Å². The molecule has 0 aliphatic carbocycles. The van der Waals surface area contributed by atoms with E-state index in [0.29, 0.717) is 18.7 Å². The van der Waals surface area contributed by atoms with Crippen LogP contribution in [-0.2, 0) is 6.54 Å². The van der Waals surface area contributed by atoms with Crippen LogP contribution in [0, 0.1) is 13.8 Å². The van der Waals surface area contributed by atoms with Gasteiger partial charge in [-0.2, -0.15) is 5.10 Å². The summed E-state index contributed by atoms with van der Waals surface area (Å²) < 4.78 is 12.8. The molecule has 0 aliphatic rings. The normalized spacial score (nSPS) is 11.7. The molecule has 0 aliphatic heterocycles. The summed E-state index contributed by atoms with van der Waals surface area (Å²) in [6.07, 6.45) is 0. The minimum absolute atomic E-state index is 0.117. The van der Waals surface area contributed by atoms with Crippen molar-refractivity contribution in [3.63, 3.8) is 0 Å². The summed E-state index contributed by atoms with van der Waals surface area (Å²) in [6.45, 7) is 7.01. The van der Waals surface area contributed by atoms with Crippen LogP contribution in [0.4, 0.5) is 0 Å². The maximum Gasteiger partial charge on any atom is 0.251 e. The Bertz CT molecular complexity index is 947. The van der Waals surface area contributed by atoms with E-state index in [1.807, 2.05) is 74.0 Å². The zero-order valence-electron chi connectivity index (χ0n) is 17.3. The van der Waals surface area contributed by atoms with Gasteiger partial charge in [-0.3, -0.25) is 9.48 Å². The molecule has 2 aromatic carbocycles. The number of benzene rings is 2. The lowest BCUT2D eigenvalue weighted by Crippen LogP contribution is -2.36. The molecular formula is C23H27N3O3. The van der Waals surface area contributed by atoms with Gasteiger partial charge in [0.1, 0.15) is 18.1 Å². The second-order valence-electron chi connectivity index (χ2n) is 7.14. The van der Waals surface area contributed by atoms with E-state index in [4.69, 9.17) is 9.47 Å². The number of hydrogen-bond donors (Lipinski definition) is 1. The van der Waals surface area contributed by atoms with E-state index in [0.717, 1.165) is 28.5 Å². The van der Waals surface area contributed by atoms with E-state index < -0.39 is 0 Å². The molecule has 0 saturated heterocycles. The first kappa shape index (κ1) is 20.5. The zero-order valence-corrected chi connectivity index (χ0v) is 17.3. The maximum absolute atomic E-state index is 12.5. The Kier molecular flexibility index (Phi) is 6.54. The van der Waals surface area contributed by atoms with Crippen molar-refractivity contribution in [2.45, 2.75) is 33.4 Å². The average molecular weight is 393 g/mol. The van der Waals surface area contributed by atoms with Crippen LogP contribution in [0.1, 0.15) is 34.2 Å². The van der Waals surface area contributed by atoms with Gasteiger partial charge >= 0.3 is 0 Å². The molecule has 0 bridgehead atoms. The highest BCUT2D eigenvalue weighted by Crippen LogP contribution is 2.17. The predicted octanol–water partition coefficient (Wildman–Crippen LogP) is 3.75. The van der Waals surface area contributed by atoms with Gasteiger partial charge in [0.15, 0.2) is 0 Å². The molecule has 0 saturated carbocycles. The van der Waals surface area contributed by atoms with E-state index in [1.54, 1.807) is 7.11 Å². The molecule has 1 amide bonds. The fraction of sp³-hybridized carbons (Fsp3) is 0.304. The molecule has 1 aromatic heterocycles. The molecule has 0 spiro atoms. The Balaban J connectivity index is 1.51. The van der Waals surface area contributed by atoms with Gasteiger partial charge in [0.05, 0.1) is 25.4 Å². The number of carbonyl (C=O) groups is 1. The lowest BCUT2D eigenvalue weighted by molar-refractivity contribution is 0.0926. The van der Waals surface area contributed by atoms with Gasteiger partial charge in [-0.05, 0) is 68.8 Å². The molecule has 6 nitrogen and oxygen atoms in total. The van der Waals surface area contributed by atoms with Crippen LogP contribution in [-0.4, -0.2) is 35.4 Å². The first-order valence-corrected chi connectivity index (χ1v) is 9.62. The fourth-order valence-corrected chi connectivity index (χ4v) is 3.01. The standard InChI is InChI=1S/C23H27N3O3/c1-16-13-18(3)26(25-16)14-19-5-7-20(8-6-19)23(27)24-17(2)15-29-22-11-9-21(28-4)10-12-22/h5-13,17H,14-15H2,1-4H3,(H,24,27)/t17-/m0/s1. The highest BCUT2D eigenvalue weighted by atomic mass is 16.5. The lowest BCUT2D eigenvalue weighted by atomic mass is 10.1. The third-order valence-corrected chi connectivity index (χ3v) is 4.59. The van der Waals surface area contributed by atoms with Crippen LogP contribution >= 0.6 is 0 Å². The van der Waals surface area contributed by atoms with Crippen molar-refractivity contribution in [2.75, 3.05) is 13.7 Å². The second kappa shape index (κ2) is 9.28. The monoisotopic (exact) mass is 393 g/mol. The predicted molar refractivity (Wildman–Crippen MR) is 113 cm³/mol. The van der Waals surface area contributed by atoms with Gasteiger partial charge in [0.2, 0.25) is 0 Å². The molecule has 1 heterocycles. The molecule has 6 heteroatoms. The van der Waals surface area contributed by atoms with Crippen molar-refractivity contribution in [1.29, 1.82) is 0 Å². The topological polar surface area (TPSA) is 65.4 Å². The van der Waals surface area contributed by atoms with Crippen molar-refractivity contribution in [2.24, 2.45) is 0 Å². The van der Waals surface area contributed by atoms with Gasteiger partial charge in [0.25, 0.3) is 5.91 Å². The number of methoxy groups -OCH3 is 1. The van der Waals surface area contributed by atoms with Crippen LogP contribution in [0.5, 0.6) is 11.5 Å². The Morgan fingerprint density at radius 1 is 1.07 bits per heavy atom. The molecule has 1 N–H and O–H groups in total. The first-order valence-electron chi connectivity index (χ1n) is 9.62. The largest absolute Gasteiger partial charge is 0.497 e. The van der Waals surface area contributed by atoms with E-state index in [2.05, 4.69) is 16.5 Å². The molecular weight excluding hydrogens is 366 g/mol. The molecule has 152 valence electrons. The van der Waals surface area contributed by atoms with E-state index in [-0.39, 0.29) is 11.9 Å². The van der Waals surface area contributed by atoms with Crippen molar-refractivity contribution in [1.82, 2.24) is 15.1 Å². The van der Waals surface area contributed by atoms with Crippen LogP contribution in [0.15, 0.2) is 54.6 Å². The number of ether oxygens (including phenoxy) is 2. The Labute approximate surface area is 171 Å². The quantitative estimate of drug-likeness (QED) is 0.633. The van der Waals surface area contributed by atoms with Crippen LogP contribution in [0.2, 0.25) is 0 Å².